The SMILES string of the molecule is Cc1ccc(-n2cc(C(=O)Nc3ccc(-n4ccc(C(N)=O)n4)cc3)c(-c3ccccc3)n2)cc1. The highest BCUT2D eigenvalue weighted by molar-refractivity contribution is 6.08. The highest BCUT2D eigenvalue weighted by Gasteiger charge is 2.19. The molecule has 8 heteroatoms. The van der Waals surface area contributed by atoms with Gasteiger partial charge < -0.3 is 11.1 Å². The molecule has 3 aromatic carbocycles. The van der Waals surface area contributed by atoms with Crippen molar-refractivity contribution in [2.75, 3.05) is 5.32 Å². The minimum absolute atomic E-state index is 0.182. The van der Waals surface area contributed by atoms with Crippen LogP contribution in [-0.4, -0.2) is 31.4 Å². The number of hydrogen-bond acceptors (Lipinski definition) is 4. The van der Waals surface area contributed by atoms with Gasteiger partial charge in [-0.2, -0.15) is 10.2 Å². The van der Waals surface area contributed by atoms with Gasteiger partial charge in [0.05, 0.1) is 16.9 Å². The van der Waals surface area contributed by atoms with Gasteiger partial charge in [0.1, 0.15) is 11.4 Å². The van der Waals surface area contributed by atoms with Crippen LogP contribution in [0.15, 0.2) is 97.3 Å². The van der Waals surface area contributed by atoms with Gasteiger partial charge in [0.15, 0.2) is 0 Å². The lowest BCUT2D eigenvalue weighted by Gasteiger charge is -2.07. The first-order valence-corrected chi connectivity index (χ1v) is 11.0. The Bertz CT molecular complexity index is 1500. The van der Waals surface area contributed by atoms with Crippen molar-refractivity contribution in [2.24, 2.45) is 5.73 Å². The number of hydrogen-bond donors (Lipinski definition) is 2. The topological polar surface area (TPSA) is 108 Å². The summed E-state index contributed by atoms with van der Waals surface area (Å²) in [7, 11) is 0. The molecule has 35 heavy (non-hydrogen) atoms. The summed E-state index contributed by atoms with van der Waals surface area (Å²) in [5.41, 5.74) is 10.7. The number of carbonyl (C=O) groups excluding carboxylic acids is 2. The van der Waals surface area contributed by atoms with Gasteiger partial charge in [0.2, 0.25) is 0 Å². The Hall–Kier alpha value is -4.98. The average Bonchev–Trinajstić information content (AvgIpc) is 3.54. The molecule has 8 nitrogen and oxygen atoms in total. The molecule has 0 saturated heterocycles. The summed E-state index contributed by atoms with van der Waals surface area (Å²) in [6, 6.07) is 26.2. The summed E-state index contributed by atoms with van der Waals surface area (Å²) in [5, 5.41) is 11.8. The molecule has 3 N–H and O–H groups in total. The zero-order valence-electron chi connectivity index (χ0n) is 18.9. The molecule has 2 amide bonds. The predicted molar refractivity (Wildman–Crippen MR) is 134 cm³/mol. The Balaban J connectivity index is 1.43. The first-order chi connectivity index (χ1) is 17.0. The van der Waals surface area contributed by atoms with Crippen molar-refractivity contribution in [3.63, 3.8) is 0 Å². The maximum Gasteiger partial charge on any atom is 0.269 e. The van der Waals surface area contributed by atoms with Crippen LogP contribution >= 0.6 is 0 Å². The molecule has 0 unspecified atom stereocenters. The van der Waals surface area contributed by atoms with Gasteiger partial charge in [-0.3, -0.25) is 9.59 Å². The highest BCUT2D eigenvalue weighted by atomic mass is 16.2. The molecule has 0 radical (unpaired) electrons. The van der Waals surface area contributed by atoms with Crippen molar-refractivity contribution >= 4 is 17.5 Å². The van der Waals surface area contributed by atoms with Crippen LogP contribution in [0.1, 0.15) is 26.4 Å². The minimum atomic E-state index is -0.590. The Labute approximate surface area is 201 Å². The van der Waals surface area contributed by atoms with Gasteiger partial charge in [-0.05, 0) is 49.4 Å². The molecule has 0 fully saturated rings. The van der Waals surface area contributed by atoms with Crippen molar-refractivity contribution in [3.05, 3.63) is 114 Å². The van der Waals surface area contributed by atoms with E-state index in [-0.39, 0.29) is 11.6 Å². The Morgan fingerprint density at radius 1 is 0.800 bits per heavy atom. The van der Waals surface area contributed by atoms with Crippen molar-refractivity contribution in [1.29, 1.82) is 0 Å². The number of primary amides is 1. The Kier molecular flexibility index (Phi) is 5.68. The monoisotopic (exact) mass is 462 g/mol. The maximum absolute atomic E-state index is 13.3. The number of nitrogens with one attached hydrogen (secondary N) is 1. The molecule has 0 aliphatic heterocycles. The van der Waals surface area contributed by atoms with Gasteiger partial charge in [-0.15, -0.1) is 0 Å². The van der Waals surface area contributed by atoms with Crippen LogP contribution < -0.4 is 11.1 Å². The molecule has 5 rings (SSSR count). The van der Waals surface area contributed by atoms with E-state index in [0.717, 1.165) is 22.5 Å². The third-order valence-electron chi connectivity index (χ3n) is 5.54. The highest BCUT2D eigenvalue weighted by Crippen LogP contribution is 2.25. The zero-order chi connectivity index (χ0) is 24.4. The molecular weight excluding hydrogens is 440 g/mol. The summed E-state index contributed by atoms with van der Waals surface area (Å²) in [6.45, 7) is 2.02. The lowest BCUT2D eigenvalue weighted by molar-refractivity contribution is 0.0993. The largest absolute Gasteiger partial charge is 0.364 e. The summed E-state index contributed by atoms with van der Waals surface area (Å²) < 4.78 is 3.26. The molecule has 0 spiro atoms. The summed E-state index contributed by atoms with van der Waals surface area (Å²) in [5.74, 6) is -0.863. The van der Waals surface area contributed by atoms with Crippen LogP contribution in [0.5, 0.6) is 0 Å². The summed E-state index contributed by atoms with van der Waals surface area (Å²) in [4.78, 5) is 24.6. The molecule has 172 valence electrons. The summed E-state index contributed by atoms with van der Waals surface area (Å²) in [6.07, 6.45) is 3.39. The predicted octanol–water partition coefficient (Wildman–Crippen LogP) is 4.38. The number of nitrogens with two attached hydrogens (primary N) is 1. The van der Waals surface area contributed by atoms with Gasteiger partial charge in [-0.25, -0.2) is 9.36 Å². The standard InChI is InChI=1S/C27H22N6O2/c1-18-7-11-22(12-8-18)33-17-23(25(31-33)19-5-3-2-4-6-19)27(35)29-20-9-13-21(14-10-20)32-16-15-24(30-32)26(28)34/h2-17H,1H3,(H2,28,34)(H,29,35). The van der Waals surface area contributed by atoms with Crippen LogP contribution in [0.4, 0.5) is 5.69 Å². The lowest BCUT2D eigenvalue weighted by Crippen LogP contribution is -2.13. The van der Waals surface area contributed by atoms with E-state index in [9.17, 15) is 9.59 Å². The van der Waals surface area contributed by atoms with E-state index < -0.39 is 5.91 Å². The van der Waals surface area contributed by atoms with Crippen molar-refractivity contribution in [2.45, 2.75) is 6.92 Å². The first kappa shape index (κ1) is 21.8. The fraction of sp³-hybridized carbons (Fsp3) is 0.0370. The molecule has 5 aromatic rings. The Morgan fingerprint density at radius 2 is 1.46 bits per heavy atom. The molecule has 0 aliphatic carbocycles. The molecular formula is C27H22N6O2. The van der Waals surface area contributed by atoms with Gasteiger partial charge in [0, 0.05) is 23.6 Å². The van der Waals surface area contributed by atoms with Gasteiger partial charge >= 0.3 is 0 Å². The van der Waals surface area contributed by atoms with E-state index in [1.807, 2.05) is 61.5 Å². The van der Waals surface area contributed by atoms with Crippen LogP contribution in [0.2, 0.25) is 0 Å². The maximum atomic E-state index is 13.3. The van der Waals surface area contributed by atoms with Crippen LogP contribution in [0.25, 0.3) is 22.6 Å². The first-order valence-electron chi connectivity index (χ1n) is 11.0. The van der Waals surface area contributed by atoms with Gasteiger partial charge in [-0.1, -0.05) is 48.0 Å². The van der Waals surface area contributed by atoms with Crippen molar-refractivity contribution in [3.8, 4) is 22.6 Å². The quantitative estimate of drug-likeness (QED) is 0.390. The fourth-order valence-electron chi connectivity index (χ4n) is 3.67. The number of rotatable bonds is 6. The molecule has 0 aliphatic rings. The molecule has 2 heterocycles. The summed E-state index contributed by atoms with van der Waals surface area (Å²) >= 11 is 0. The second kappa shape index (κ2) is 9.11. The second-order valence-corrected chi connectivity index (χ2v) is 8.05. The Morgan fingerprint density at radius 3 is 2.11 bits per heavy atom. The normalized spacial score (nSPS) is 10.8. The van der Waals surface area contributed by atoms with E-state index in [4.69, 9.17) is 10.8 Å². The number of aryl methyl sites for hydroxylation is 1. The number of carbonyl (C=O) groups is 2. The van der Waals surface area contributed by atoms with E-state index in [0.29, 0.717) is 16.9 Å². The van der Waals surface area contributed by atoms with Crippen LogP contribution in [0.3, 0.4) is 0 Å². The molecule has 0 atom stereocenters. The fourth-order valence-corrected chi connectivity index (χ4v) is 3.67. The molecule has 0 saturated carbocycles. The van der Waals surface area contributed by atoms with Crippen molar-refractivity contribution in [1.82, 2.24) is 19.6 Å². The van der Waals surface area contributed by atoms with E-state index in [1.165, 1.54) is 0 Å². The lowest BCUT2D eigenvalue weighted by atomic mass is 10.1. The number of benzene rings is 3. The van der Waals surface area contributed by atoms with E-state index in [1.54, 1.807) is 52.1 Å². The van der Waals surface area contributed by atoms with Crippen LogP contribution in [-0.2, 0) is 0 Å². The number of anilines is 1. The zero-order valence-corrected chi connectivity index (χ0v) is 18.9. The smallest absolute Gasteiger partial charge is 0.269 e. The van der Waals surface area contributed by atoms with E-state index in [2.05, 4.69) is 10.4 Å². The number of aromatic nitrogens is 4. The second-order valence-electron chi connectivity index (χ2n) is 8.05. The number of nitrogens with zero attached hydrogens (tertiary/aromatic N) is 4. The van der Waals surface area contributed by atoms with Crippen LogP contribution in [0, 0.1) is 6.92 Å². The third kappa shape index (κ3) is 4.58. The number of amides is 2. The van der Waals surface area contributed by atoms with Crippen molar-refractivity contribution < 1.29 is 9.59 Å². The molecule has 2 aromatic heterocycles. The van der Waals surface area contributed by atoms with E-state index >= 15 is 0 Å². The third-order valence-corrected chi connectivity index (χ3v) is 5.54. The average molecular weight is 463 g/mol. The molecule has 0 bridgehead atoms. The van der Waals surface area contributed by atoms with Gasteiger partial charge in [0.25, 0.3) is 11.8 Å². The minimum Gasteiger partial charge on any atom is -0.364 e.